The molecule has 0 aliphatic carbocycles. The summed E-state index contributed by atoms with van der Waals surface area (Å²) in [5.74, 6) is -6.50. The number of carboxylic acids is 7. The van der Waals surface area contributed by atoms with Crippen LogP contribution in [0.1, 0.15) is 111 Å². The first kappa shape index (κ1) is 84.5. The number of nitrogens with zero attached hydrogens (tertiary/aromatic N) is 12. The smallest absolute Gasteiger partial charge is 0.335 e. The lowest BCUT2D eigenvalue weighted by Crippen LogP contribution is -2.21. The van der Waals surface area contributed by atoms with Gasteiger partial charge in [0.05, 0.1) is 107 Å². The fraction of sp³-hybridized carbons (Fsp3) is 0.0761. The Hall–Kier alpha value is -17.5. The average molecular weight is 1660 g/mol. The van der Waals surface area contributed by atoms with Crippen molar-refractivity contribution in [2.24, 2.45) is 61.4 Å². The van der Waals surface area contributed by atoms with Gasteiger partial charge in [0, 0.05) is 33.4 Å². The number of ether oxygens (including phenoxy) is 6. The number of benzene rings is 13. The highest BCUT2D eigenvalue weighted by Gasteiger charge is 2.28. The maximum atomic E-state index is 12.0. The fourth-order valence-corrected chi connectivity index (χ4v) is 12.1. The van der Waals surface area contributed by atoms with Crippen LogP contribution in [0.25, 0.3) is 0 Å². The van der Waals surface area contributed by atoms with Crippen LogP contribution in [0.15, 0.2) is 340 Å². The molecule has 7 N–H and O–H groups in total. The quantitative estimate of drug-likeness (QED) is 0.0178. The molecule has 13 aromatic carbocycles. The molecule has 13 aromatic rings. The molecule has 0 fully saturated rings. The third-order valence-electron chi connectivity index (χ3n) is 18.3. The molecule has 13 rings (SSSR count). The molecule has 0 aromatic heterocycles. The number of carboxylic acid groups (broad SMARTS) is 7. The summed E-state index contributed by atoms with van der Waals surface area (Å²) in [6.07, 6.45) is 0. The van der Waals surface area contributed by atoms with E-state index in [1.54, 1.807) is 207 Å². The van der Waals surface area contributed by atoms with Gasteiger partial charge in [0.15, 0.2) is 0 Å². The average Bonchev–Trinajstić information content (AvgIpc) is 0.755. The Balaban J connectivity index is 0.956. The van der Waals surface area contributed by atoms with Crippen molar-refractivity contribution in [3.8, 4) is 34.5 Å². The number of aryl methyl sites for hydroxylation is 1. The van der Waals surface area contributed by atoms with Crippen molar-refractivity contribution < 1.29 is 97.7 Å². The minimum Gasteiger partial charge on any atom is -0.489 e. The second-order valence-electron chi connectivity index (χ2n) is 26.9. The zero-order valence-corrected chi connectivity index (χ0v) is 65.1. The molecule has 32 nitrogen and oxygen atoms in total. The third-order valence-corrected chi connectivity index (χ3v) is 18.3. The monoisotopic (exact) mass is 1660 g/mol. The molecule has 0 spiro atoms. The molecule has 32 heteroatoms. The molecular formula is C92H68N12O20. The lowest BCUT2D eigenvalue weighted by molar-refractivity contribution is 0.0679. The zero-order valence-electron chi connectivity index (χ0n) is 65.1. The minimum absolute atomic E-state index is 0.0154. The van der Waals surface area contributed by atoms with Crippen LogP contribution in [-0.2, 0) is 39.6 Å². The summed E-state index contributed by atoms with van der Waals surface area (Å²) in [5.41, 5.74) is 6.54. The highest BCUT2D eigenvalue weighted by molar-refractivity contribution is 5.95. The van der Waals surface area contributed by atoms with Gasteiger partial charge >= 0.3 is 41.8 Å². The summed E-state index contributed by atoms with van der Waals surface area (Å²) >= 11 is 0. The minimum atomic E-state index is -1.38. The van der Waals surface area contributed by atoms with Crippen LogP contribution in [0.2, 0.25) is 0 Å². The molecule has 0 atom stereocenters. The van der Waals surface area contributed by atoms with Gasteiger partial charge in [-0.05, 0) is 267 Å². The Morgan fingerprint density at radius 1 is 0.194 bits per heavy atom. The molecule has 0 amide bonds. The predicted molar refractivity (Wildman–Crippen MR) is 448 cm³/mol. The van der Waals surface area contributed by atoms with Gasteiger partial charge in [-0.15, -0.1) is 0 Å². The highest BCUT2D eigenvalue weighted by atomic mass is 16.5. The van der Waals surface area contributed by atoms with Crippen LogP contribution >= 0.6 is 0 Å². The van der Waals surface area contributed by atoms with Crippen LogP contribution in [0.5, 0.6) is 34.5 Å². The van der Waals surface area contributed by atoms with Crippen LogP contribution < -0.4 is 28.4 Å². The van der Waals surface area contributed by atoms with E-state index in [9.17, 15) is 69.3 Å². The zero-order chi connectivity index (χ0) is 87.0. The summed E-state index contributed by atoms with van der Waals surface area (Å²) in [6.45, 7) is 0.215. The molecule has 0 heterocycles. The second-order valence-corrected chi connectivity index (χ2v) is 26.9. The van der Waals surface area contributed by atoms with Gasteiger partial charge in [0.25, 0.3) is 0 Å². The number of carbonyl (C=O) groups is 7. The van der Waals surface area contributed by atoms with Crippen molar-refractivity contribution in [1.82, 2.24) is 0 Å². The maximum absolute atomic E-state index is 12.0. The fourth-order valence-electron chi connectivity index (χ4n) is 12.1. The van der Waals surface area contributed by atoms with Gasteiger partial charge in [-0.2, -0.15) is 61.4 Å². The maximum Gasteiger partial charge on any atom is 0.335 e. The number of hydrogen-bond acceptors (Lipinski definition) is 25. The molecule has 0 unspecified atom stereocenters. The number of azo groups is 6. The summed E-state index contributed by atoms with van der Waals surface area (Å²) in [5, 5.41) is 120. The molecule has 0 aliphatic heterocycles. The topological polar surface area (TPSA) is 465 Å². The second kappa shape index (κ2) is 40.1. The van der Waals surface area contributed by atoms with E-state index in [-0.39, 0.29) is 101 Å². The molecule has 0 aliphatic rings. The van der Waals surface area contributed by atoms with Gasteiger partial charge in [-0.25, -0.2) is 33.6 Å². The Bertz CT molecular complexity index is 5840. The van der Waals surface area contributed by atoms with Gasteiger partial charge in [-0.1, -0.05) is 24.3 Å². The largest absolute Gasteiger partial charge is 0.489 e. The van der Waals surface area contributed by atoms with Crippen LogP contribution in [0.4, 0.5) is 68.2 Å². The number of aromatic carboxylic acids is 7. The number of rotatable bonds is 37. The van der Waals surface area contributed by atoms with E-state index >= 15 is 0 Å². The standard InChI is InChI=1S/C92H68N12O20/c1-54-38-59(90(113)114)45-72(39-54)103-97-66-22-34-78(35-23-66)123-52-84-82(50-121-76-30-18-64(19-31-76)95-101-70-12-4-8-57(43-70)88(109)110)80(48-119-74-26-14-62(15-27-74)93-99-68-10-2-6-55(41-68)86(105)106)81(49-120-75-28-16-63(17-29-75)94-100-69-11-3-7-56(42-69)87(107)108)83(51-122-77-32-20-65(21-33-77)96-102-71-13-5-9-58(44-71)89(111)112)85(84)53-124-79-36-24-67(25-37-79)98-104-73-46-60(91(115)116)40-61(47-73)92(117)118/h2-47H,48-53H2,1H3,(H,105,106)(H,107,108)(H,109,110)(H,111,112)(H,113,114)(H,115,116)(H,117,118)/b99-93+,100-94+,101-95+,102-96+,103-97+,104-98+. The lowest BCUT2D eigenvalue weighted by Gasteiger charge is -2.27. The van der Waals surface area contributed by atoms with Crippen molar-refractivity contribution in [2.75, 3.05) is 0 Å². The molecule has 0 bridgehead atoms. The van der Waals surface area contributed by atoms with Gasteiger partial charge < -0.3 is 64.2 Å². The Kier molecular flexibility index (Phi) is 27.3. The van der Waals surface area contributed by atoms with E-state index in [2.05, 4.69) is 61.4 Å². The highest BCUT2D eigenvalue weighted by Crippen LogP contribution is 2.39. The molecule has 124 heavy (non-hydrogen) atoms. The normalized spacial score (nSPS) is 11.4. The Labute approximate surface area is 703 Å². The van der Waals surface area contributed by atoms with E-state index in [4.69, 9.17) is 28.4 Å². The van der Waals surface area contributed by atoms with Crippen LogP contribution in [0.3, 0.4) is 0 Å². The lowest BCUT2D eigenvalue weighted by atomic mass is 9.87. The summed E-state index contributed by atoms with van der Waals surface area (Å²) < 4.78 is 41.2. The molecule has 0 saturated carbocycles. The molecule has 0 radical (unpaired) electrons. The van der Waals surface area contributed by atoms with Gasteiger partial charge in [-0.3, -0.25) is 0 Å². The van der Waals surface area contributed by atoms with Crippen molar-refractivity contribution in [3.63, 3.8) is 0 Å². The van der Waals surface area contributed by atoms with Crippen molar-refractivity contribution >= 4 is 110 Å². The summed E-state index contributed by atoms with van der Waals surface area (Å²) in [4.78, 5) is 83.3. The predicted octanol–water partition coefficient (Wildman–Crippen LogP) is 23.8. The number of hydrogen-bond donors (Lipinski definition) is 7. The Morgan fingerprint density at radius 3 is 0.565 bits per heavy atom. The van der Waals surface area contributed by atoms with Crippen LogP contribution in [0, 0.1) is 6.92 Å². The van der Waals surface area contributed by atoms with E-state index in [0.29, 0.717) is 119 Å². The SMILES string of the molecule is Cc1cc(/N=N/c2ccc(OCc3c(COc4ccc(/N=N/c5cccc(C(=O)O)c5)cc4)c(COc4ccc(/N=N/c5cccc(C(=O)O)c5)cc4)c(COc4ccc(/N=N/c5cccc(C(=O)O)c5)cc4)c(COc4ccc(/N=N/c5cccc(C(=O)O)c5)cc4)c3COc3ccc(/N=N/c4cc(C(=O)O)cc(C(=O)O)c4)cc3)cc2)cc(C(=O)O)c1. The van der Waals surface area contributed by atoms with E-state index in [1.165, 1.54) is 72.8 Å². The first-order chi connectivity index (χ1) is 60.0. The summed E-state index contributed by atoms with van der Waals surface area (Å²) in [6, 6.07) is 71.4. The van der Waals surface area contributed by atoms with E-state index in [0.717, 1.165) is 6.07 Å². The van der Waals surface area contributed by atoms with Gasteiger partial charge in [0.1, 0.15) is 74.1 Å². The molecule has 0 saturated heterocycles. The molecule has 616 valence electrons. The van der Waals surface area contributed by atoms with E-state index < -0.39 is 41.8 Å². The first-order valence-electron chi connectivity index (χ1n) is 37.4. The van der Waals surface area contributed by atoms with Crippen LogP contribution in [-0.4, -0.2) is 77.5 Å². The van der Waals surface area contributed by atoms with E-state index in [1.807, 2.05) is 0 Å². The van der Waals surface area contributed by atoms with Crippen molar-refractivity contribution in [1.29, 1.82) is 0 Å². The van der Waals surface area contributed by atoms with Gasteiger partial charge in [0.2, 0.25) is 0 Å². The summed E-state index contributed by atoms with van der Waals surface area (Å²) in [7, 11) is 0. The molecular weight excluding hydrogens is 1590 g/mol. The first-order valence-corrected chi connectivity index (χ1v) is 37.4. The van der Waals surface area contributed by atoms with Crippen molar-refractivity contribution in [2.45, 2.75) is 46.6 Å². The Morgan fingerprint density at radius 2 is 0.363 bits per heavy atom. The van der Waals surface area contributed by atoms with Crippen molar-refractivity contribution in [3.05, 3.63) is 357 Å². The third kappa shape index (κ3) is 23.5.